The maximum atomic E-state index is 11.2. The molecule has 5 nitrogen and oxygen atoms in total. The number of allylic oxidation sites excluding steroid dienone is 4. The minimum atomic E-state index is -0.714. The van der Waals surface area contributed by atoms with Gasteiger partial charge in [0.25, 0.3) is 0 Å². The summed E-state index contributed by atoms with van der Waals surface area (Å²) in [6, 6.07) is 0. The van der Waals surface area contributed by atoms with Gasteiger partial charge in [0.2, 0.25) is 0 Å². The topological polar surface area (TPSA) is 68.0 Å². The lowest BCUT2D eigenvalue weighted by Crippen LogP contribution is -2.18. The van der Waals surface area contributed by atoms with Crippen molar-refractivity contribution < 1.29 is 4.52 Å². The number of nitrogens with zero attached hydrogens (tertiary/aromatic N) is 1. The van der Waals surface area contributed by atoms with Crippen molar-refractivity contribution in [3.8, 4) is 0 Å². The van der Waals surface area contributed by atoms with E-state index in [9.17, 15) is 9.59 Å². The third-order valence-corrected chi connectivity index (χ3v) is 2.29. The fourth-order valence-corrected chi connectivity index (χ4v) is 1.61. The molecule has 0 amide bonds. The van der Waals surface area contributed by atoms with Crippen molar-refractivity contribution >= 4 is 0 Å². The number of aromatic nitrogens is 2. The van der Waals surface area contributed by atoms with Crippen LogP contribution >= 0.6 is 0 Å². The Morgan fingerprint density at radius 2 is 2.40 bits per heavy atom. The quantitative estimate of drug-likeness (QED) is 0.776. The van der Waals surface area contributed by atoms with E-state index in [1.54, 1.807) is 0 Å². The van der Waals surface area contributed by atoms with Crippen molar-refractivity contribution in [2.75, 3.05) is 0 Å². The van der Waals surface area contributed by atoms with Crippen LogP contribution in [0.1, 0.15) is 13.3 Å². The Bertz CT molecular complexity index is 515. The average molecular weight is 208 g/mol. The third kappa shape index (κ3) is 2.18. The van der Waals surface area contributed by atoms with Gasteiger partial charge >= 0.3 is 11.4 Å². The van der Waals surface area contributed by atoms with Gasteiger partial charge in [-0.15, -0.1) is 4.74 Å². The van der Waals surface area contributed by atoms with Crippen molar-refractivity contribution in [1.29, 1.82) is 0 Å². The van der Waals surface area contributed by atoms with Crippen molar-refractivity contribution in [1.82, 2.24) is 9.72 Å². The second kappa shape index (κ2) is 3.76. The number of rotatable bonds is 2. The van der Waals surface area contributed by atoms with Gasteiger partial charge in [-0.1, -0.05) is 25.2 Å². The molecule has 2 rings (SSSR count). The molecular formula is C10H12N2O3. The molecule has 80 valence electrons. The van der Waals surface area contributed by atoms with Gasteiger partial charge in [-0.25, -0.2) is 14.6 Å². The van der Waals surface area contributed by atoms with E-state index in [0.717, 1.165) is 16.7 Å². The Morgan fingerprint density at radius 1 is 1.60 bits per heavy atom. The lowest BCUT2D eigenvalue weighted by Gasteiger charge is -2.11. The largest absolute Gasteiger partial charge is 0.440 e. The van der Waals surface area contributed by atoms with E-state index in [-0.39, 0.29) is 0 Å². The molecule has 1 N–H and O–H groups in total. The van der Waals surface area contributed by atoms with Crippen LogP contribution in [0.5, 0.6) is 0 Å². The molecule has 1 heterocycles. The van der Waals surface area contributed by atoms with Crippen molar-refractivity contribution in [2.24, 2.45) is 5.92 Å². The van der Waals surface area contributed by atoms with E-state index in [1.807, 2.05) is 11.1 Å². The van der Waals surface area contributed by atoms with E-state index >= 15 is 0 Å². The van der Waals surface area contributed by atoms with E-state index in [4.69, 9.17) is 0 Å². The van der Waals surface area contributed by atoms with Gasteiger partial charge in [0.1, 0.15) is 0 Å². The lowest BCUT2D eigenvalue weighted by atomic mass is 9.98. The molecule has 1 atom stereocenters. The monoisotopic (exact) mass is 208 g/mol. The molecule has 1 unspecified atom stereocenters. The standard InChI is InChI=1S/C10H12N2O3/c1-7-3-2-4-8(5-7)6-12-9(13)11-10(14)15-12/h2,4-5,7H,3,6H2,1H3,(H,11,13,14). The first-order valence-electron chi connectivity index (χ1n) is 4.83. The van der Waals surface area contributed by atoms with Crippen LogP contribution in [0.3, 0.4) is 0 Å². The van der Waals surface area contributed by atoms with Crippen LogP contribution in [-0.4, -0.2) is 9.72 Å². The fraction of sp³-hybridized carbons (Fsp3) is 0.400. The van der Waals surface area contributed by atoms with Gasteiger partial charge in [-0.2, -0.15) is 0 Å². The summed E-state index contributed by atoms with van der Waals surface area (Å²) < 4.78 is 5.69. The summed E-state index contributed by atoms with van der Waals surface area (Å²) in [6.07, 6.45) is 7.07. The minimum absolute atomic E-state index is 0.304. The Labute approximate surface area is 85.7 Å². The first-order chi connectivity index (χ1) is 7.15. The van der Waals surface area contributed by atoms with Gasteiger partial charge < -0.3 is 4.52 Å². The molecule has 0 fully saturated rings. The number of aromatic amines is 1. The summed E-state index contributed by atoms with van der Waals surface area (Å²) in [7, 11) is 0. The SMILES string of the molecule is CC1C=C(Cn2oc(=O)[nH]c2=O)C=CC1. The highest BCUT2D eigenvalue weighted by molar-refractivity contribution is 5.23. The van der Waals surface area contributed by atoms with Gasteiger partial charge in [-0.3, -0.25) is 0 Å². The molecule has 0 saturated carbocycles. The van der Waals surface area contributed by atoms with E-state index in [1.165, 1.54) is 0 Å². The number of hydrogen-bond donors (Lipinski definition) is 1. The van der Waals surface area contributed by atoms with Crippen molar-refractivity contribution in [3.63, 3.8) is 0 Å². The van der Waals surface area contributed by atoms with Gasteiger partial charge in [-0.05, 0) is 17.9 Å². The molecule has 0 radical (unpaired) electrons. The molecule has 5 heteroatoms. The van der Waals surface area contributed by atoms with Crippen LogP contribution < -0.4 is 11.4 Å². The fourth-order valence-electron chi connectivity index (χ4n) is 1.61. The highest BCUT2D eigenvalue weighted by Crippen LogP contribution is 2.16. The molecule has 0 bridgehead atoms. The molecule has 1 aromatic rings. The van der Waals surface area contributed by atoms with Gasteiger partial charge in [0.15, 0.2) is 0 Å². The van der Waals surface area contributed by atoms with Crippen LogP contribution in [0.15, 0.2) is 37.9 Å². The summed E-state index contributed by atoms with van der Waals surface area (Å²) >= 11 is 0. The summed E-state index contributed by atoms with van der Waals surface area (Å²) in [5, 5.41) is 0. The average Bonchev–Trinajstić information content (AvgIpc) is 2.45. The predicted molar refractivity (Wildman–Crippen MR) is 54.6 cm³/mol. The van der Waals surface area contributed by atoms with Crippen LogP contribution in [0, 0.1) is 5.92 Å². The van der Waals surface area contributed by atoms with E-state index < -0.39 is 11.4 Å². The van der Waals surface area contributed by atoms with Crippen LogP contribution in [0.2, 0.25) is 0 Å². The molecule has 0 spiro atoms. The van der Waals surface area contributed by atoms with Gasteiger partial charge in [0.05, 0.1) is 6.54 Å². The molecule has 0 aromatic carbocycles. The zero-order valence-corrected chi connectivity index (χ0v) is 8.40. The number of H-pyrrole nitrogens is 1. The second-order valence-electron chi connectivity index (χ2n) is 3.70. The highest BCUT2D eigenvalue weighted by atomic mass is 16.5. The molecule has 0 aliphatic heterocycles. The maximum absolute atomic E-state index is 11.2. The molecule has 1 aliphatic carbocycles. The summed E-state index contributed by atoms with van der Waals surface area (Å²) in [6.45, 7) is 2.40. The number of hydrogen-bond acceptors (Lipinski definition) is 3. The van der Waals surface area contributed by atoms with E-state index in [0.29, 0.717) is 12.5 Å². The first kappa shape index (κ1) is 9.76. The predicted octanol–water partition coefficient (Wildman–Crippen LogP) is 0.652. The van der Waals surface area contributed by atoms with Gasteiger partial charge in [0, 0.05) is 0 Å². The summed E-state index contributed by atoms with van der Waals surface area (Å²) in [5.74, 6) is -0.250. The Balaban J connectivity index is 2.22. The third-order valence-electron chi connectivity index (χ3n) is 2.29. The molecule has 0 saturated heterocycles. The van der Waals surface area contributed by atoms with Crippen LogP contribution in [-0.2, 0) is 6.54 Å². The van der Waals surface area contributed by atoms with Crippen LogP contribution in [0.4, 0.5) is 0 Å². The maximum Gasteiger partial charge on any atom is 0.440 e. The van der Waals surface area contributed by atoms with Crippen LogP contribution in [0.25, 0.3) is 0 Å². The highest BCUT2D eigenvalue weighted by Gasteiger charge is 2.08. The molecule has 15 heavy (non-hydrogen) atoms. The smallest absolute Gasteiger partial charge is 0.317 e. The summed E-state index contributed by atoms with van der Waals surface area (Å²) in [5.41, 5.74) is 0.478. The number of nitrogens with one attached hydrogen (secondary N) is 1. The first-order valence-corrected chi connectivity index (χ1v) is 4.83. The second-order valence-corrected chi connectivity index (χ2v) is 3.70. The lowest BCUT2D eigenvalue weighted by molar-refractivity contribution is 0.257. The molecule has 1 aliphatic rings. The zero-order chi connectivity index (χ0) is 10.8. The zero-order valence-electron chi connectivity index (χ0n) is 8.40. The summed E-state index contributed by atoms with van der Waals surface area (Å²) in [4.78, 5) is 23.9. The molecular weight excluding hydrogens is 196 g/mol. The van der Waals surface area contributed by atoms with E-state index in [2.05, 4.69) is 23.6 Å². The van der Waals surface area contributed by atoms with Crippen molar-refractivity contribution in [2.45, 2.75) is 19.9 Å². The Hall–Kier alpha value is -1.78. The Morgan fingerprint density at radius 3 is 3.00 bits per heavy atom. The normalized spacial score (nSPS) is 20.3. The Kier molecular flexibility index (Phi) is 2.45. The molecule has 1 aromatic heterocycles. The minimum Gasteiger partial charge on any atom is -0.317 e. The van der Waals surface area contributed by atoms with Crippen molar-refractivity contribution in [3.05, 3.63) is 44.8 Å².